The average Bonchev–Trinajstić information content (AvgIpc) is 2.58. The number of rotatable bonds is 6. The number of hydrogen-bond acceptors (Lipinski definition) is 4. The van der Waals surface area contributed by atoms with Gasteiger partial charge in [0, 0.05) is 24.3 Å². The van der Waals surface area contributed by atoms with E-state index in [1.165, 1.54) is 28.6 Å². The minimum absolute atomic E-state index is 0.0951. The molecule has 2 aromatic carbocycles. The summed E-state index contributed by atoms with van der Waals surface area (Å²) >= 11 is 0. The van der Waals surface area contributed by atoms with E-state index < -0.39 is 15.9 Å². The summed E-state index contributed by atoms with van der Waals surface area (Å²) < 4.78 is 26.6. The van der Waals surface area contributed by atoms with Crippen molar-refractivity contribution in [2.45, 2.75) is 25.7 Å². The molecule has 2 N–H and O–H groups in total. The maximum absolute atomic E-state index is 12.6. The molecule has 0 saturated heterocycles. The third-order valence-corrected chi connectivity index (χ3v) is 5.97. The van der Waals surface area contributed by atoms with E-state index in [-0.39, 0.29) is 10.6 Å². The summed E-state index contributed by atoms with van der Waals surface area (Å²) in [6, 6.07) is 10.6. The lowest BCUT2D eigenvalue weighted by Crippen LogP contribution is -2.30. The van der Waals surface area contributed by atoms with Crippen LogP contribution in [0.5, 0.6) is 5.75 Å². The van der Waals surface area contributed by atoms with Gasteiger partial charge in [-0.15, -0.1) is 0 Å². The molecule has 0 aliphatic rings. The summed E-state index contributed by atoms with van der Waals surface area (Å²) in [6.45, 7) is 6.02. The predicted octanol–water partition coefficient (Wildman–Crippen LogP) is 2.98. The summed E-state index contributed by atoms with van der Waals surface area (Å²) in [4.78, 5) is 12.6. The number of amides is 1. The van der Waals surface area contributed by atoms with E-state index >= 15 is 0 Å². The molecule has 0 atom stereocenters. The maximum atomic E-state index is 12.6. The molecular formula is C18H22N2O4S. The van der Waals surface area contributed by atoms with Gasteiger partial charge in [-0.2, -0.15) is 4.31 Å². The second-order valence-electron chi connectivity index (χ2n) is 5.57. The first-order valence-electron chi connectivity index (χ1n) is 8.00. The Morgan fingerprint density at radius 2 is 1.68 bits per heavy atom. The molecule has 7 heteroatoms. The van der Waals surface area contributed by atoms with Crippen LogP contribution < -0.4 is 5.32 Å². The number of aromatic hydroxyl groups is 1. The Morgan fingerprint density at radius 1 is 1.08 bits per heavy atom. The summed E-state index contributed by atoms with van der Waals surface area (Å²) in [7, 11) is -3.63. The van der Waals surface area contributed by atoms with Gasteiger partial charge in [-0.25, -0.2) is 8.42 Å². The van der Waals surface area contributed by atoms with E-state index in [0.29, 0.717) is 29.9 Å². The van der Waals surface area contributed by atoms with Gasteiger partial charge in [0.1, 0.15) is 5.75 Å². The zero-order valence-electron chi connectivity index (χ0n) is 14.5. The molecule has 0 aliphatic heterocycles. The van der Waals surface area contributed by atoms with E-state index in [1.807, 2.05) is 0 Å². The number of benzene rings is 2. The minimum atomic E-state index is -3.63. The van der Waals surface area contributed by atoms with E-state index in [0.717, 1.165) is 0 Å². The highest BCUT2D eigenvalue weighted by atomic mass is 32.2. The zero-order chi connectivity index (χ0) is 18.6. The lowest BCUT2D eigenvalue weighted by atomic mass is 10.1. The topological polar surface area (TPSA) is 86.7 Å². The van der Waals surface area contributed by atoms with E-state index in [9.17, 15) is 18.3 Å². The number of phenols is 1. The normalized spacial score (nSPS) is 11.5. The Hall–Kier alpha value is -2.38. The smallest absolute Gasteiger partial charge is 0.255 e. The van der Waals surface area contributed by atoms with Crippen LogP contribution in [0.4, 0.5) is 5.69 Å². The van der Waals surface area contributed by atoms with Crippen LogP contribution in [0.25, 0.3) is 0 Å². The fraction of sp³-hybridized carbons (Fsp3) is 0.278. The van der Waals surface area contributed by atoms with Crippen molar-refractivity contribution in [2.75, 3.05) is 18.4 Å². The molecule has 6 nitrogen and oxygen atoms in total. The average molecular weight is 362 g/mol. The molecule has 0 aromatic heterocycles. The van der Waals surface area contributed by atoms with Gasteiger partial charge in [0.25, 0.3) is 5.91 Å². The van der Waals surface area contributed by atoms with Gasteiger partial charge in [0.2, 0.25) is 10.0 Å². The minimum Gasteiger partial charge on any atom is -0.508 e. The van der Waals surface area contributed by atoms with Gasteiger partial charge in [0.15, 0.2) is 0 Å². The van der Waals surface area contributed by atoms with Crippen molar-refractivity contribution in [3.63, 3.8) is 0 Å². The van der Waals surface area contributed by atoms with Crippen LogP contribution in [-0.2, 0) is 10.0 Å². The summed E-state index contributed by atoms with van der Waals surface area (Å²) in [5, 5.41) is 12.0. The lowest BCUT2D eigenvalue weighted by molar-refractivity contribution is 0.102. The molecule has 2 aromatic rings. The molecular weight excluding hydrogens is 340 g/mol. The van der Waals surface area contributed by atoms with Gasteiger partial charge in [0.05, 0.1) is 4.90 Å². The molecule has 0 fully saturated rings. The standard InChI is InChI=1S/C18H22N2O4S/c1-4-20(5-2)25(23,24)16-11-6-13(3)17(12-16)18(22)19-14-7-9-15(21)10-8-14/h6-12,21H,4-5H2,1-3H3,(H,19,22). The highest BCUT2D eigenvalue weighted by Crippen LogP contribution is 2.21. The van der Waals surface area contributed by atoms with Crippen molar-refractivity contribution in [3.8, 4) is 5.75 Å². The number of aryl methyl sites for hydroxylation is 1. The molecule has 0 saturated carbocycles. The molecule has 25 heavy (non-hydrogen) atoms. The molecule has 134 valence electrons. The largest absolute Gasteiger partial charge is 0.508 e. The Bertz CT molecular complexity index is 857. The zero-order valence-corrected chi connectivity index (χ0v) is 15.3. The Kier molecular flexibility index (Phi) is 5.81. The monoisotopic (exact) mass is 362 g/mol. The van der Waals surface area contributed by atoms with Gasteiger partial charge in [-0.05, 0) is 48.9 Å². The quantitative estimate of drug-likeness (QED) is 0.774. The molecule has 2 rings (SSSR count). The highest BCUT2D eigenvalue weighted by molar-refractivity contribution is 7.89. The molecule has 1 amide bonds. The van der Waals surface area contributed by atoms with Crippen LogP contribution in [0.1, 0.15) is 29.8 Å². The third-order valence-electron chi connectivity index (χ3n) is 3.92. The van der Waals surface area contributed by atoms with Crippen LogP contribution in [0, 0.1) is 6.92 Å². The number of nitrogens with zero attached hydrogens (tertiary/aromatic N) is 1. The number of anilines is 1. The number of carbonyl (C=O) groups excluding carboxylic acids is 1. The summed E-state index contributed by atoms with van der Waals surface area (Å²) in [5.74, 6) is -0.304. The van der Waals surface area contributed by atoms with Gasteiger partial charge < -0.3 is 10.4 Å². The van der Waals surface area contributed by atoms with Crippen molar-refractivity contribution in [2.24, 2.45) is 0 Å². The molecule has 0 unspecified atom stereocenters. The van der Waals surface area contributed by atoms with E-state index in [1.54, 1.807) is 39.0 Å². The maximum Gasteiger partial charge on any atom is 0.255 e. The van der Waals surface area contributed by atoms with Crippen molar-refractivity contribution in [1.29, 1.82) is 0 Å². The number of nitrogens with one attached hydrogen (secondary N) is 1. The van der Waals surface area contributed by atoms with Crippen LogP contribution in [0.15, 0.2) is 47.4 Å². The van der Waals surface area contributed by atoms with Gasteiger partial charge in [-0.3, -0.25) is 4.79 Å². The number of phenolic OH excluding ortho intramolecular Hbond substituents is 1. The molecule has 0 radical (unpaired) electrons. The second-order valence-corrected chi connectivity index (χ2v) is 7.50. The third kappa shape index (κ3) is 4.18. The Labute approximate surface area is 148 Å². The van der Waals surface area contributed by atoms with Crippen LogP contribution in [-0.4, -0.2) is 36.8 Å². The molecule has 0 spiro atoms. The van der Waals surface area contributed by atoms with Crippen molar-refractivity contribution < 1.29 is 18.3 Å². The number of hydrogen-bond donors (Lipinski definition) is 2. The number of carbonyl (C=O) groups is 1. The summed E-state index contributed by atoms with van der Waals surface area (Å²) in [5.41, 5.74) is 1.48. The highest BCUT2D eigenvalue weighted by Gasteiger charge is 2.23. The number of sulfonamides is 1. The second kappa shape index (κ2) is 7.67. The predicted molar refractivity (Wildman–Crippen MR) is 97.3 cm³/mol. The molecule has 0 aliphatic carbocycles. The fourth-order valence-corrected chi connectivity index (χ4v) is 3.95. The first-order valence-corrected chi connectivity index (χ1v) is 9.44. The Morgan fingerprint density at radius 3 is 2.24 bits per heavy atom. The van der Waals surface area contributed by atoms with E-state index in [2.05, 4.69) is 5.32 Å². The van der Waals surface area contributed by atoms with E-state index in [4.69, 9.17) is 0 Å². The fourth-order valence-electron chi connectivity index (χ4n) is 2.46. The Balaban J connectivity index is 2.35. The van der Waals surface area contributed by atoms with Crippen LogP contribution >= 0.6 is 0 Å². The van der Waals surface area contributed by atoms with Gasteiger partial charge >= 0.3 is 0 Å². The first-order chi connectivity index (χ1) is 11.8. The summed E-state index contributed by atoms with van der Waals surface area (Å²) in [6.07, 6.45) is 0. The van der Waals surface area contributed by atoms with Crippen molar-refractivity contribution >= 4 is 21.6 Å². The lowest BCUT2D eigenvalue weighted by Gasteiger charge is -2.19. The molecule has 0 bridgehead atoms. The van der Waals surface area contributed by atoms with Crippen molar-refractivity contribution in [3.05, 3.63) is 53.6 Å². The van der Waals surface area contributed by atoms with Crippen LogP contribution in [0.3, 0.4) is 0 Å². The SMILES string of the molecule is CCN(CC)S(=O)(=O)c1ccc(C)c(C(=O)Nc2ccc(O)cc2)c1. The first kappa shape index (κ1) is 19.0. The van der Waals surface area contributed by atoms with Crippen molar-refractivity contribution in [1.82, 2.24) is 4.31 Å². The van der Waals surface area contributed by atoms with Crippen LogP contribution in [0.2, 0.25) is 0 Å². The molecule has 0 heterocycles. The van der Waals surface area contributed by atoms with Gasteiger partial charge in [-0.1, -0.05) is 19.9 Å².